The highest BCUT2D eigenvalue weighted by molar-refractivity contribution is 4.92. The molecule has 0 aromatic heterocycles. The van der Waals surface area contributed by atoms with E-state index in [0.717, 1.165) is 0 Å². The van der Waals surface area contributed by atoms with Gasteiger partial charge in [-0.1, -0.05) is 0 Å². The molecule has 4 nitrogen and oxygen atoms in total. The van der Waals surface area contributed by atoms with Gasteiger partial charge in [-0.15, -0.1) is 0 Å². The van der Waals surface area contributed by atoms with Crippen molar-refractivity contribution in [1.29, 1.82) is 0 Å². The van der Waals surface area contributed by atoms with Crippen LogP contribution >= 0.6 is 0 Å². The lowest BCUT2D eigenvalue weighted by molar-refractivity contribution is -0.140. The van der Waals surface area contributed by atoms with E-state index in [1.165, 1.54) is 0 Å². The number of ether oxygens (including phenoxy) is 3. The fourth-order valence-electron chi connectivity index (χ4n) is 1.97. The Morgan fingerprint density at radius 2 is 1.18 bits per heavy atom. The first-order chi connectivity index (χ1) is 9.89. The maximum Gasteiger partial charge on any atom is 0.0915 e. The van der Waals surface area contributed by atoms with Crippen molar-refractivity contribution in [1.82, 2.24) is 4.90 Å². The van der Waals surface area contributed by atoms with E-state index in [2.05, 4.69) is 74.3 Å². The SMILES string of the molecule is CC(C)OCC(COC(C)C)(COC(C)(C)C)N(C)C(C)C. The summed E-state index contributed by atoms with van der Waals surface area (Å²) in [6, 6.07) is 0.384. The van der Waals surface area contributed by atoms with Crippen LogP contribution in [0.2, 0.25) is 0 Å². The summed E-state index contributed by atoms with van der Waals surface area (Å²) in [7, 11) is 2.13. The van der Waals surface area contributed by atoms with Gasteiger partial charge in [-0.2, -0.15) is 0 Å². The Kier molecular flexibility index (Phi) is 9.15. The molecule has 0 aliphatic rings. The molecule has 134 valence electrons. The normalized spacial score (nSPS) is 13.9. The molecule has 22 heavy (non-hydrogen) atoms. The average Bonchev–Trinajstić information content (AvgIpc) is 2.36. The third kappa shape index (κ3) is 8.47. The van der Waals surface area contributed by atoms with Crippen molar-refractivity contribution in [2.75, 3.05) is 26.9 Å². The van der Waals surface area contributed by atoms with Gasteiger partial charge in [0.15, 0.2) is 0 Å². The van der Waals surface area contributed by atoms with Crippen molar-refractivity contribution in [3.8, 4) is 0 Å². The van der Waals surface area contributed by atoms with E-state index in [-0.39, 0.29) is 23.3 Å². The Morgan fingerprint density at radius 1 is 0.773 bits per heavy atom. The molecule has 0 spiro atoms. The highest BCUT2D eigenvalue weighted by Crippen LogP contribution is 2.23. The number of hydrogen-bond donors (Lipinski definition) is 0. The number of nitrogens with zero attached hydrogens (tertiary/aromatic N) is 1. The van der Waals surface area contributed by atoms with E-state index in [1.54, 1.807) is 0 Å². The zero-order chi connectivity index (χ0) is 17.6. The number of likely N-dealkylation sites (N-methyl/N-ethyl adjacent to an activating group) is 1. The lowest BCUT2D eigenvalue weighted by Gasteiger charge is -2.45. The van der Waals surface area contributed by atoms with Crippen LogP contribution in [0.15, 0.2) is 0 Å². The van der Waals surface area contributed by atoms with Gasteiger partial charge in [0.05, 0.1) is 43.2 Å². The predicted molar refractivity (Wildman–Crippen MR) is 93.5 cm³/mol. The van der Waals surface area contributed by atoms with Crippen LogP contribution in [0, 0.1) is 0 Å². The van der Waals surface area contributed by atoms with Crippen molar-refractivity contribution in [2.24, 2.45) is 0 Å². The first-order valence-corrected chi connectivity index (χ1v) is 8.50. The summed E-state index contributed by atoms with van der Waals surface area (Å²) in [4.78, 5) is 2.32. The standard InChI is InChI=1S/C18H39NO3/c1-14(2)19(10)18(11-20-15(3)4,12-21-16(5)6)13-22-17(7,8)9/h14-16H,11-13H2,1-10H3. The smallest absolute Gasteiger partial charge is 0.0915 e. The fraction of sp³-hybridized carbons (Fsp3) is 1.00. The van der Waals surface area contributed by atoms with Gasteiger partial charge < -0.3 is 14.2 Å². The topological polar surface area (TPSA) is 30.9 Å². The van der Waals surface area contributed by atoms with E-state index in [4.69, 9.17) is 14.2 Å². The molecule has 0 saturated carbocycles. The predicted octanol–water partition coefficient (Wildman–Crippen LogP) is 3.73. The van der Waals surface area contributed by atoms with Crippen molar-refractivity contribution in [3.05, 3.63) is 0 Å². The highest BCUT2D eigenvalue weighted by atomic mass is 16.5. The minimum Gasteiger partial charge on any atom is -0.377 e. The third-order valence-electron chi connectivity index (χ3n) is 3.67. The highest BCUT2D eigenvalue weighted by Gasteiger charge is 2.39. The van der Waals surface area contributed by atoms with Gasteiger partial charge in [0.25, 0.3) is 0 Å². The Morgan fingerprint density at radius 3 is 1.45 bits per heavy atom. The van der Waals surface area contributed by atoms with Crippen molar-refractivity contribution < 1.29 is 14.2 Å². The van der Waals surface area contributed by atoms with E-state index in [0.29, 0.717) is 25.9 Å². The molecule has 0 N–H and O–H groups in total. The molecule has 0 unspecified atom stereocenters. The zero-order valence-corrected chi connectivity index (χ0v) is 16.5. The Balaban J connectivity index is 5.27. The maximum absolute atomic E-state index is 6.13. The summed E-state index contributed by atoms with van der Waals surface area (Å²) in [5, 5.41) is 0. The lowest BCUT2D eigenvalue weighted by atomic mass is 9.98. The van der Waals surface area contributed by atoms with E-state index in [9.17, 15) is 0 Å². The van der Waals surface area contributed by atoms with Crippen molar-refractivity contribution >= 4 is 0 Å². The number of rotatable bonds is 10. The van der Waals surface area contributed by atoms with Gasteiger partial charge in [0.1, 0.15) is 0 Å². The summed E-state index contributed by atoms with van der Waals surface area (Å²) in [5.74, 6) is 0. The molecule has 0 saturated heterocycles. The van der Waals surface area contributed by atoms with Gasteiger partial charge >= 0.3 is 0 Å². The van der Waals surface area contributed by atoms with Crippen LogP contribution < -0.4 is 0 Å². The quantitative estimate of drug-likeness (QED) is 0.614. The lowest BCUT2D eigenvalue weighted by Crippen LogP contribution is -2.60. The molecule has 0 fully saturated rings. The van der Waals surface area contributed by atoms with Crippen molar-refractivity contribution in [3.63, 3.8) is 0 Å². The van der Waals surface area contributed by atoms with Crippen LogP contribution in [-0.4, -0.2) is 61.2 Å². The summed E-state index contributed by atoms with van der Waals surface area (Å²) in [5.41, 5.74) is -0.464. The van der Waals surface area contributed by atoms with Gasteiger partial charge in [0, 0.05) is 6.04 Å². The third-order valence-corrected chi connectivity index (χ3v) is 3.67. The second kappa shape index (κ2) is 9.21. The summed E-state index contributed by atoms with van der Waals surface area (Å²) in [6.45, 7) is 20.7. The number of hydrogen-bond acceptors (Lipinski definition) is 4. The van der Waals surface area contributed by atoms with E-state index < -0.39 is 0 Å². The molecule has 0 atom stereocenters. The van der Waals surface area contributed by atoms with E-state index >= 15 is 0 Å². The fourth-order valence-corrected chi connectivity index (χ4v) is 1.97. The van der Waals surface area contributed by atoms with Gasteiger partial charge in [-0.05, 0) is 69.4 Å². The molecule has 0 bridgehead atoms. The van der Waals surface area contributed by atoms with Crippen LogP contribution in [0.4, 0.5) is 0 Å². The van der Waals surface area contributed by atoms with Crippen LogP contribution in [-0.2, 0) is 14.2 Å². The van der Waals surface area contributed by atoms with Gasteiger partial charge in [-0.25, -0.2) is 0 Å². The largest absolute Gasteiger partial charge is 0.377 e. The van der Waals surface area contributed by atoms with Gasteiger partial charge in [0.2, 0.25) is 0 Å². The first-order valence-electron chi connectivity index (χ1n) is 8.50. The van der Waals surface area contributed by atoms with Crippen LogP contribution in [0.3, 0.4) is 0 Å². The molecule has 0 aromatic rings. The van der Waals surface area contributed by atoms with Crippen LogP contribution in [0.25, 0.3) is 0 Å². The minimum absolute atomic E-state index is 0.182. The summed E-state index contributed by atoms with van der Waals surface area (Å²) < 4.78 is 18.1. The van der Waals surface area contributed by atoms with Crippen molar-refractivity contribution in [2.45, 2.75) is 91.7 Å². The first kappa shape index (κ1) is 21.8. The second-order valence-electron chi connectivity index (χ2n) is 8.05. The molecular weight excluding hydrogens is 278 g/mol. The van der Waals surface area contributed by atoms with Crippen LogP contribution in [0.1, 0.15) is 62.3 Å². The van der Waals surface area contributed by atoms with Gasteiger partial charge in [-0.3, -0.25) is 4.90 Å². The Hall–Kier alpha value is -0.160. The average molecular weight is 318 g/mol. The molecule has 0 aliphatic carbocycles. The molecular formula is C18H39NO3. The van der Waals surface area contributed by atoms with E-state index in [1.807, 2.05) is 0 Å². The Bertz CT molecular complexity index is 283. The summed E-state index contributed by atoms with van der Waals surface area (Å²) >= 11 is 0. The monoisotopic (exact) mass is 317 g/mol. The molecule has 0 aromatic carbocycles. The minimum atomic E-state index is -0.282. The molecule has 4 heteroatoms. The second-order valence-corrected chi connectivity index (χ2v) is 8.05. The molecule has 0 heterocycles. The molecule has 0 aliphatic heterocycles. The Labute approximate surface area is 138 Å². The maximum atomic E-state index is 6.13. The summed E-state index contributed by atoms with van der Waals surface area (Å²) in [6.07, 6.45) is 0.377. The molecule has 0 amide bonds. The molecule has 0 rings (SSSR count). The zero-order valence-electron chi connectivity index (χ0n) is 16.5. The molecule has 0 radical (unpaired) electrons. The van der Waals surface area contributed by atoms with Crippen LogP contribution in [0.5, 0.6) is 0 Å².